The fourth-order valence-electron chi connectivity index (χ4n) is 3.11. The maximum Gasteiger partial charge on any atom is 0.230 e. The quantitative estimate of drug-likeness (QED) is 0.882. The highest BCUT2D eigenvalue weighted by Crippen LogP contribution is 2.48. The number of aryl methyl sites for hydroxylation is 1. The first-order chi connectivity index (χ1) is 8.68. The van der Waals surface area contributed by atoms with E-state index in [1.165, 1.54) is 11.1 Å². The zero-order valence-electron chi connectivity index (χ0n) is 10.9. The van der Waals surface area contributed by atoms with Crippen molar-refractivity contribution in [1.29, 1.82) is 0 Å². The number of hydrogen-bond acceptors (Lipinski definition) is 2. The predicted molar refractivity (Wildman–Crippen MR) is 71.0 cm³/mol. The number of nitrogens with zero attached hydrogens (tertiary/aromatic N) is 1. The van der Waals surface area contributed by atoms with Crippen LogP contribution in [0, 0.1) is 5.41 Å². The lowest BCUT2D eigenvalue weighted by atomic mass is 10.0. The number of nitrogens with two attached hydrogens (primary N) is 1. The van der Waals surface area contributed by atoms with Crippen LogP contribution in [0.4, 0.5) is 0 Å². The van der Waals surface area contributed by atoms with Crippen LogP contribution in [0.5, 0.6) is 0 Å². The summed E-state index contributed by atoms with van der Waals surface area (Å²) in [7, 11) is 1.94. The molecule has 3 heteroatoms. The van der Waals surface area contributed by atoms with Crippen LogP contribution in [0.25, 0.3) is 0 Å². The van der Waals surface area contributed by atoms with Gasteiger partial charge >= 0.3 is 0 Å². The number of carbonyl (C=O) groups excluding carboxylic acids is 1. The molecule has 2 aliphatic carbocycles. The van der Waals surface area contributed by atoms with Gasteiger partial charge < -0.3 is 10.6 Å². The Labute approximate surface area is 108 Å². The molecular formula is C15H20N2O. The van der Waals surface area contributed by atoms with E-state index in [2.05, 4.69) is 24.3 Å². The largest absolute Gasteiger partial charge is 0.338 e. The van der Waals surface area contributed by atoms with Crippen LogP contribution in [0.15, 0.2) is 24.3 Å². The van der Waals surface area contributed by atoms with Crippen molar-refractivity contribution in [3.63, 3.8) is 0 Å². The number of amides is 1. The Kier molecular flexibility index (Phi) is 2.67. The summed E-state index contributed by atoms with van der Waals surface area (Å²) in [5.41, 5.74) is 8.23. The van der Waals surface area contributed by atoms with Crippen LogP contribution in [0.2, 0.25) is 0 Å². The minimum atomic E-state index is -0.230. The van der Waals surface area contributed by atoms with Crippen molar-refractivity contribution in [3.8, 4) is 0 Å². The van der Waals surface area contributed by atoms with Crippen molar-refractivity contribution in [2.45, 2.75) is 31.7 Å². The van der Waals surface area contributed by atoms with Gasteiger partial charge in [0.1, 0.15) is 0 Å². The zero-order chi connectivity index (χ0) is 12.8. The second-order valence-corrected chi connectivity index (χ2v) is 5.65. The molecule has 0 radical (unpaired) electrons. The van der Waals surface area contributed by atoms with Crippen LogP contribution in [-0.4, -0.2) is 24.4 Å². The molecule has 1 fully saturated rings. The number of carbonyl (C=O) groups is 1. The third-order valence-electron chi connectivity index (χ3n) is 4.59. The molecule has 0 heterocycles. The molecule has 2 aliphatic rings. The van der Waals surface area contributed by atoms with Gasteiger partial charge in [-0.2, -0.15) is 0 Å². The molecule has 3 nitrogen and oxygen atoms in total. The zero-order valence-corrected chi connectivity index (χ0v) is 10.9. The van der Waals surface area contributed by atoms with Crippen molar-refractivity contribution < 1.29 is 4.79 Å². The van der Waals surface area contributed by atoms with Gasteiger partial charge in [0.05, 0.1) is 11.5 Å². The molecule has 0 aromatic heterocycles. The van der Waals surface area contributed by atoms with Crippen LogP contribution < -0.4 is 5.73 Å². The fourth-order valence-corrected chi connectivity index (χ4v) is 3.11. The maximum absolute atomic E-state index is 12.5. The molecule has 0 aliphatic heterocycles. The molecule has 0 saturated heterocycles. The summed E-state index contributed by atoms with van der Waals surface area (Å²) in [6, 6.07) is 8.71. The van der Waals surface area contributed by atoms with Crippen molar-refractivity contribution in [2.75, 3.05) is 13.6 Å². The van der Waals surface area contributed by atoms with E-state index in [1.807, 2.05) is 11.9 Å². The Morgan fingerprint density at radius 2 is 2.17 bits per heavy atom. The van der Waals surface area contributed by atoms with E-state index in [0.29, 0.717) is 6.54 Å². The first-order valence-electron chi connectivity index (χ1n) is 6.73. The Morgan fingerprint density at radius 1 is 1.44 bits per heavy atom. The van der Waals surface area contributed by atoms with E-state index in [4.69, 9.17) is 5.73 Å². The van der Waals surface area contributed by atoms with E-state index >= 15 is 0 Å². The van der Waals surface area contributed by atoms with Crippen LogP contribution in [-0.2, 0) is 11.2 Å². The summed E-state index contributed by atoms with van der Waals surface area (Å²) in [6.07, 6.45) is 4.04. The highest BCUT2D eigenvalue weighted by atomic mass is 16.2. The Bertz CT molecular complexity index is 479. The van der Waals surface area contributed by atoms with Gasteiger partial charge in [-0.25, -0.2) is 0 Å². The molecular weight excluding hydrogens is 224 g/mol. The summed E-state index contributed by atoms with van der Waals surface area (Å²) >= 11 is 0. The SMILES string of the molecule is CN(C(=O)C1(CN)CC1)C1CCc2ccccc21. The fraction of sp³-hybridized carbons (Fsp3) is 0.533. The summed E-state index contributed by atoms with van der Waals surface area (Å²) < 4.78 is 0. The van der Waals surface area contributed by atoms with E-state index in [-0.39, 0.29) is 17.4 Å². The molecule has 1 saturated carbocycles. The van der Waals surface area contributed by atoms with E-state index in [0.717, 1.165) is 25.7 Å². The van der Waals surface area contributed by atoms with E-state index < -0.39 is 0 Å². The van der Waals surface area contributed by atoms with Gasteiger partial charge in [-0.1, -0.05) is 24.3 Å². The minimum Gasteiger partial charge on any atom is -0.338 e. The summed E-state index contributed by atoms with van der Waals surface area (Å²) in [6.45, 7) is 0.491. The highest BCUT2D eigenvalue weighted by Gasteiger charge is 2.51. The van der Waals surface area contributed by atoms with Gasteiger partial charge in [-0.3, -0.25) is 4.79 Å². The molecule has 3 rings (SSSR count). The highest BCUT2D eigenvalue weighted by molar-refractivity contribution is 5.86. The molecule has 0 spiro atoms. The maximum atomic E-state index is 12.5. The Morgan fingerprint density at radius 3 is 2.83 bits per heavy atom. The number of hydrogen-bond donors (Lipinski definition) is 1. The molecule has 1 unspecified atom stereocenters. The van der Waals surface area contributed by atoms with E-state index in [9.17, 15) is 4.79 Å². The molecule has 1 aromatic carbocycles. The first-order valence-corrected chi connectivity index (χ1v) is 6.73. The first kappa shape index (κ1) is 11.7. The lowest BCUT2D eigenvalue weighted by Gasteiger charge is -2.29. The van der Waals surface area contributed by atoms with E-state index in [1.54, 1.807) is 0 Å². The lowest BCUT2D eigenvalue weighted by Crippen LogP contribution is -2.39. The van der Waals surface area contributed by atoms with Crippen molar-refractivity contribution >= 4 is 5.91 Å². The molecule has 18 heavy (non-hydrogen) atoms. The average molecular weight is 244 g/mol. The Hall–Kier alpha value is -1.35. The van der Waals surface area contributed by atoms with Crippen LogP contribution in [0.1, 0.15) is 36.4 Å². The summed E-state index contributed by atoms with van der Waals surface area (Å²) in [4.78, 5) is 14.4. The van der Waals surface area contributed by atoms with Gasteiger partial charge in [0.15, 0.2) is 0 Å². The van der Waals surface area contributed by atoms with Gasteiger partial charge in [0.25, 0.3) is 0 Å². The minimum absolute atomic E-state index is 0.230. The monoisotopic (exact) mass is 244 g/mol. The molecule has 0 bridgehead atoms. The Balaban J connectivity index is 1.82. The van der Waals surface area contributed by atoms with Crippen LogP contribution >= 0.6 is 0 Å². The topological polar surface area (TPSA) is 46.3 Å². The third-order valence-corrected chi connectivity index (χ3v) is 4.59. The number of benzene rings is 1. The second kappa shape index (κ2) is 4.09. The molecule has 1 amide bonds. The van der Waals surface area contributed by atoms with Crippen molar-refractivity contribution in [3.05, 3.63) is 35.4 Å². The molecule has 1 atom stereocenters. The molecule has 96 valence electrons. The van der Waals surface area contributed by atoms with Crippen molar-refractivity contribution in [1.82, 2.24) is 4.90 Å². The second-order valence-electron chi connectivity index (χ2n) is 5.65. The summed E-state index contributed by atoms with van der Waals surface area (Å²) in [5, 5.41) is 0. The number of fused-ring (bicyclic) bond motifs is 1. The van der Waals surface area contributed by atoms with Crippen LogP contribution in [0.3, 0.4) is 0 Å². The summed E-state index contributed by atoms with van der Waals surface area (Å²) in [5.74, 6) is 0.242. The smallest absolute Gasteiger partial charge is 0.230 e. The van der Waals surface area contributed by atoms with Gasteiger partial charge in [-0.05, 0) is 36.8 Å². The predicted octanol–water partition coefficient (Wildman–Crippen LogP) is 1.87. The molecule has 2 N–H and O–H groups in total. The van der Waals surface area contributed by atoms with Gasteiger partial charge in [0.2, 0.25) is 5.91 Å². The van der Waals surface area contributed by atoms with Gasteiger partial charge in [-0.15, -0.1) is 0 Å². The van der Waals surface area contributed by atoms with Gasteiger partial charge in [0, 0.05) is 13.6 Å². The lowest BCUT2D eigenvalue weighted by molar-refractivity contribution is -0.137. The molecule has 1 aromatic rings. The number of rotatable bonds is 3. The average Bonchev–Trinajstić information content (AvgIpc) is 3.10. The normalized spacial score (nSPS) is 23.6. The third kappa shape index (κ3) is 1.65. The standard InChI is InChI=1S/C15H20N2O/c1-17(14(18)15(10-16)8-9-15)13-7-6-11-4-2-3-5-12(11)13/h2-5,13H,6-10,16H2,1H3. The van der Waals surface area contributed by atoms with Crippen molar-refractivity contribution in [2.24, 2.45) is 11.1 Å².